The van der Waals surface area contributed by atoms with Gasteiger partial charge in [-0.3, -0.25) is 14.5 Å². The Balaban J connectivity index is 1.58. The van der Waals surface area contributed by atoms with Crippen LogP contribution in [-0.2, 0) is 18.4 Å². The molecule has 0 unspecified atom stereocenters. The van der Waals surface area contributed by atoms with Gasteiger partial charge in [0.25, 0.3) is 0 Å². The Morgan fingerprint density at radius 1 is 1.29 bits per heavy atom. The van der Waals surface area contributed by atoms with Crippen molar-refractivity contribution < 1.29 is 4.79 Å². The van der Waals surface area contributed by atoms with E-state index in [1.165, 1.54) is 11.8 Å². The molecule has 0 aliphatic heterocycles. The zero-order valence-corrected chi connectivity index (χ0v) is 14.3. The van der Waals surface area contributed by atoms with Gasteiger partial charge in [-0.25, -0.2) is 4.98 Å². The van der Waals surface area contributed by atoms with Crippen LogP contribution in [0.3, 0.4) is 0 Å². The van der Waals surface area contributed by atoms with Crippen LogP contribution in [-0.4, -0.2) is 36.0 Å². The molecule has 0 fully saturated rings. The third-order valence-electron chi connectivity index (χ3n) is 3.34. The average Bonchev–Trinajstić information content (AvgIpc) is 3.12. The lowest BCUT2D eigenvalue weighted by molar-refractivity contribution is -0.113. The molecule has 0 radical (unpaired) electrons. The minimum absolute atomic E-state index is 0.0876. The lowest BCUT2D eigenvalue weighted by Gasteiger charge is -2.07. The molecule has 3 rings (SSSR count). The van der Waals surface area contributed by atoms with Crippen LogP contribution < -0.4 is 5.32 Å². The van der Waals surface area contributed by atoms with Crippen LogP contribution in [0.2, 0.25) is 0 Å². The summed E-state index contributed by atoms with van der Waals surface area (Å²) in [4.78, 5) is 20.7. The van der Waals surface area contributed by atoms with E-state index >= 15 is 0 Å². The predicted octanol–water partition coefficient (Wildman–Crippen LogP) is 2.10. The summed E-state index contributed by atoms with van der Waals surface area (Å²) in [5.41, 5.74) is 1.82. The maximum Gasteiger partial charge on any atom is 0.235 e. The number of carbonyl (C=O) groups is 1. The van der Waals surface area contributed by atoms with Crippen molar-refractivity contribution in [2.24, 2.45) is 7.05 Å². The van der Waals surface area contributed by atoms with E-state index in [0.717, 1.165) is 16.5 Å². The predicted molar refractivity (Wildman–Crippen MR) is 92.9 cm³/mol. The fraction of sp³-hybridized carbons (Fsp3) is 0.250. The number of carbonyl (C=O) groups excluding carboxylic acids is 1. The Hall–Kier alpha value is -2.61. The van der Waals surface area contributed by atoms with Gasteiger partial charge >= 0.3 is 0 Å². The largest absolute Gasteiger partial charge is 0.320 e. The molecule has 0 bridgehead atoms. The van der Waals surface area contributed by atoms with Crippen LogP contribution in [0, 0.1) is 6.92 Å². The number of rotatable bonds is 6. The number of hydrogen-bond acceptors (Lipinski definition) is 5. The molecular formula is C16H18N6OS. The van der Waals surface area contributed by atoms with Crippen molar-refractivity contribution in [2.75, 3.05) is 11.1 Å². The van der Waals surface area contributed by atoms with E-state index in [2.05, 4.69) is 20.4 Å². The molecule has 24 heavy (non-hydrogen) atoms. The average molecular weight is 342 g/mol. The third-order valence-corrected chi connectivity index (χ3v) is 4.34. The van der Waals surface area contributed by atoms with E-state index in [1.54, 1.807) is 24.1 Å². The Morgan fingerprint density at radius 3 is 2.88 bits per heavy atom. The number of nitrogens with one attached hydrogen (secondary N) is 1. The second-order valence-corrected chi connectivity index (χ2v) is 6.23. The fourth-order valence-corrected chi connectivity index (χ4v) is 3.02. The first-order chi connectivity index (χ1) is 11.6. The smallest absolute Gasteiger partial charge is 0.235 e. The van der Waals surface area contributed by atoms with E-state index in [1.807, 2.05) is 42.0 Å². The minimum Gasteiger partial charge on any atom is -0.320 e. The van der Waals surface area contributed by atoms with Crippen molar-refractivity contribution in [1.82, 2.24) is 24.3 Å². The molecule has 0 aliphatic carbocycles. The van der Waals surface area contributed by atoms with E-state index in [4.69, 9.17) is 0 Å². The van der Waals surface area contributed by atoms with E-state index < -0.39 is 0 Å². The number of amides is 1. The first-order valence-corrected chi connectivity index (χ1v) is 8.45. The van der Waals surface area contributed by atoms with Crippen LogP contribution in [0.5, 0.6) is 0 Å². The number of hydrogen-bond donors (Lipinski definition) is 1. The molecule has 0 aliphatic rings. The number of nitrogens with zero attached hydrogens (tertiary/aromatic N) is 5. The van der Waals surface area contributed by atoms with Crippen molar-refractivity contribution in [3.63, 3.8) is 0 Å². The van der Waals surface area contributed by atoms with E-state index in [-0.39, 0.29) is 11.7 Å². The summed E-state index contributed by atoms with van der Waals surface area (Å²) < 4.78 is 3.63. The first-order valence-electron chi connectivity index (χ1n) is 7.46. The lowest BCUT2D eigenvalue weighted by atomic mass is 10.3. The molecule has 8 heteroatoms. The summed E-state index contributed by atoms with van der Waals surface area (Å²) in [5, 5.41) is 7.85. The molecular weight excluding hydrogens is 324 g/mol. The van der Waals surface area contributed by atoms with Crippen LogP contribution in [0.25, 0.3) is 0 Å². The second kappa shape index (κ2) is 7.31. The number of imidazole rings is 1. The Labute approximate surface area is 144 Å². The molecule has 0 saturated heterocycles. The summed E-state index contributed by atoms with van der Waals surface area (Å²) in [5.74, 6) is 0.883. The standard InChI is InChI=1S/C16H18N6OS/c1-12-9-14(21(2)20-12)19-15(23)11-24-16-18-7-8-22(16)10-13-5-3-4-6-17-13/h3-9H,10-11H2,1-2H3,(H,19,23). The van der Waals surface area contributed by atoms with Crippen LogP contribution in [0.4, 0.5) is 5.82 Å². The Bertz CT molecular complexity index is 826. The Morgan fingerprint density at radius 2 is 2.17 bits per heavy atom. The van der Waals surface area contributed by atoms with Crippen molar-refractivity contribution in [2.45, 2.75) is 18.6 Å². The summed E-state index contributed by atoms with van der Waals surface area (Å²) in [6, 6.07) is 7.64. The number of pyridine rings is 1. The van der Waals surface area contributed by atoms with Gasteiger partial charge in [0.15, 0.2) is 5.16 Å². The van der Waals surface area contributed by atoms with Gasteiger partial charge in [0.2, 0.25) is 5.91 Å². The molecule has 124 valence electrons. The second-order valence-electron chi connectivity index (χ2n) is 5.29. The topological polar surface area (TPSA) is 77.6 Å². The van der Waals surface area contributed by atoms with E-state index in [9.17, 15) is 4.79 Å². The van der Waals surface area contributed by atoms with Crippen molar-refractivity contribution in [1.29, 1.82) is 0 Å². The van der Waals surface area contributed by atoms with Crippen molar-refractivity contribution >= 4 is 23.5 Å². The normalized spacial score (nSPS) is 10.8. The maximum atomic E-state index is 12.1. The van der Waals surface area contributed by atoms with Crippen molar-refractivity contribution in [3.05, 3.63) is 54.2 Å². The molecule has 0 aromatic carbocycles. The quantitative estimate of drug-likeness (QED) is 0.694. The zero-order valence-electron chi connectivity index (χ0n) is 13.5. The first kappa shape index (κ1) is 16.3. The van der Waals surface area contributed by atoms with E-state index in [0.29, 0.717) is 12.4 Å². The molecule has 3 aromatic rings. The third kappa shape index (κ3) is 4.02. The molecule has 1 amide bonds. The highest BCUT2D eigenvalue weighted by Gasteiger charge is 2.10. The zero-order chi connectivity index (χ0) is 16.9. The Kier molecular flexibility index (Phi) is 4.95. The number of aromatic nitrogens is 5. The molecule has 3 heterocycles. The van der Waals surface area contributed by atoms with Gasteiger partial charge in [0.1, 0.15) is 5.82 Å². The molecule has 7 nitrogen and oxygen atoms in total. The highest BCUT2D eigenvalue weighted by atomic mass is 32.2. The molecule has 3 aromatic heterocycles. The number of anilines is 1. The molecule has 0 atom stereocenters. The monoisotopic (exact) mass is 342 g/mol. The van der Waals surface area contributed by atoms with Crippen LogP contribution in [0.15, 0.2) is 48.0 Å². The van der Waals surface area contributed by atoms with Gasteiger partial charge < -0.3 is 9.88 Å². The summed E-state index contributed by atoms with van der Waals surface area (Å²) in [7, 11) is 1.80. The summed E-state index contributed by atoms with van der Waals surface area (Å²) in [6.45, 7) is 2.52. The molecule has 1 N–H and O–H groups in total. The highest BCUT2D eigenvalue weighted by molar-refractivity contribution is 7.99. The molecule has 0 spiro atoms. The van der Waals surface area contributed by atoms with Gasteiger partial charge in [-0.05, 0) is 19.1 Å². The summed E-state index contributed by atoms with van der Waals surface area (Å²) in [6.07, 6.45) is 5.38. The van der Waals surface area contributed by atoms with Gasteiger partial charge in [-0.15, -0.1) is 0 Å². The minimum atomic E-state index is -0.0876. The molecule has 0 saturated carbocycles. The number of thioether (sulfide) groups is 1. The maximum absolute atomic E-state index is 12.1. The fourth-order valence-electron chi connectivity index (χ4n) is 2.26. The van der Waals surface area contributed by atoms with Crippen LogP contribution in [0.1, 0.15) is 11.4 Å². The SMILES string of the molecule is Cc1cc(NC(=O)CSc2nccn2Cc2ccccn2)n(C)n1. The van der Waals surface area contributed by atoms with Gasteiger partial charge in [-0.1, -0.05) is 17.8 Å². The highest BCUT2D eigenvalue weighted by Crippen LogP contribution is 2.17. The van der Waals surface area contributed by atoms with Crippen LogP contribution >= 0.6 is 11.8 Å². The summed E-state index contributed by atoms with van der Waals surface area (Å²) >= 11 is 1.40. The van der Waals surface area contributed by atoms with Gasteiger partial charge in [0, 0.05) is 31.7 Å². The number of aryl methyl sites for hydroxylation is 2. The lowest BCUT2D eigenvalue weighted by Crippen LogP contribution is -2.17. The van der Waals surface area contributed by atoms with Gasteiger partial charge in [0.05, 0.1) is 23.7 Å². The van der Waals surface area contributed by atoms with Gasteiger partial charge in [-0.2, -0.15) is 5.10 Å². The van der Waals surface area contributed by atoms with Crippen molar-refractivity contribution in [3.8, 4) is 0 Å².